The molecule has 0 bridgehead atoms. The van der Waals surface area contributed by atoms with Gasteiger partial charge in [0.2, 0.25) is 11.8 Å². The molecule has 9 nitrogen and oxygen atoms in total. The van der Waals surface area contributed by atoms with Gasteiger partial charge in [0.05, 0.1) is 4.92 Å². The van der Waals surface area contributed by atoms with Crippen molar-refractivity contribution in [2.24, 2.45) is 5.92 Å². The number of aryl methyl sites for hydroxylation is 1. The molecule has 2 rings (SSSR count). The average Bonchev–Trinajstić information content (AvgIpc) is 2.81. The number of nitrogens with one attached hydrogen (secondary N) is 1. The van der Waals surface area contributed by atoms with E-state index in [9.17, 15) is 24.5 Å². The van der Waals surface area contributed by atoms with Crippen LogP contribution in [0, 0.1) is 23.0 Å². The Morgan fingerprint density at radius 1 is 1.14 bits per heavy atom. The molecule has 1 aliphatic heterocycles. The molecule has 194 valence electrons. The van der Waals surface area contributed by atoms with Gasteiger partial charge in [0, 0.05) is 49.3 Å². The number of benzene rings is 1. The Hall–Kier alpha value is -2.97. The van der Waals surface area contributed by atoms with Crippen LogP contribution in [0.1, 0.15) is 82.1 Å². The SMILES string of the molecule is CCCCCCCC(=O)N1CCN(C(=O)[C@@H](NC(=O)c2ccc(C)c([N+](=O)[O-])c2)C(C)C)C[C@@H]1C. The highest BCUT2D eigenvalue weighted by atomic mass is 16.6. The van der Waals surface area contributed by atoms with Gasteiger partial charge in [0.1, 0.15) is 6.04 Å². The van der Waals surface area contributed by atoms with Crippen LogP contribution in [0.25, 0.3) is 0 Å². The number of carbonyl (C=O) groups excluding carboxylic acids is 3. The van der Waals surface area contributed by atoms with E-state index in [1.807, 2.05) is 25.7 Å². The molecule has 0 aliphatic carbocycles. The molecule has 1 saturated heterocycles. The zero-order chi connectivity index (χ0) is 26.1. The molecular formula is C26H40N4O5. The van der Waals surface area contributed by atoms with E-state index in [1.54, 1.807) is 11.8 Å². The lowest BCUT2D eigenvalue weighted by Gasteiger charge is -2.41. The highest BCUT2D eigenvalue weighted by Crippen LogP contribution is 2.20. The standard InChI is InChI=1S/C26H40N4O5/c1-6-7-8-9-10-11-23(31)29-15-14-28(17-20(29)5)26(33)24(18(2)3)27-25(32)21-13-12-19(4)22(16-21)30(34)35/h12-13,16,18,20,24H,6-11,14-15,17H2,1-5H3,(H,27,32)/t20-,24-/m0/s1. The molecule has 2 atom stereocenters. The van der Waals surface area contributed by atoms with Gasteiger partial charge < -0.3 is 15.1 Å². The van der Waals surface area contributed by atoms with Crippen molar-refractivity contribution >= 4 is 23.4 Å². The van der Waals surface area contributed by atoms with Crippen molar-refractivity contribution in [3.8, 4) is 0 Å². The summed E-state index contributed by atoms with van der Waals surface area (Å²) in [5.41, 5.74) is 0.471. The van der Waals surface area contributed by atoms with Gasteiger partial charge >= 0.3 is 0 Å². The number of nitro groups is 1. The van der Waals surface area contributed by atoms with Crippen LogP contribution >= 0.6 is 0 Å². The first-order valence-corrected chi connectivity index (χ1v) is 12.7. The third kappa shape index (κ3) is 7.77. The van der Waals surface area contributed by atoms with Crippen LogP contribution in [0.4, 0.5) is 5.69 Å². The van der Waals surface area contributed by atoms with Gasteiger partial charge in [-0.1, -0.05) is 52.5 Å². The van der Waals surface area contributed by atoms with E-state index in [-0.39, 0.29) is 35.0 Å². The molecule has 9 heteroatoms. The molecule has 0 unspecified atom stereocenters. The molecule has 1 aliphatic rings. The Balaban J connectivity index is 1.99. The normalized spacial score (nSPS) is 16.8. The third-order valence-corrected chi connectivity index (χ3v) is 6.64. The topological polar surface area (TPSA) is 113 Å². The van der Waals surface area contributed by atoms with Crippen LogP contribution in [0.5, 0.6) is 0 Å². The van der Waals surface area contributed by atoms with Gasteiger partial charge in [0.25, 0.3) is 11.6 Å². The van der Waals surface area contributed by atoms with Gasteiger partial charge in [-0.05, 0) is 32.3 Å². The molecule has 35 heavy (non-hydrogen) atoms. The minimum absolute atomic E-state index is 0.0981. The van der Waals surface area contributed by atoms with Crippen molar-refractivity contribution in [2.75, 3.05) is 19.6 Å². The van der Waals surface area contributed by atoms with E-state index >= 15 is 0 Å². The number of hydrogen-bond acceptors (Lipinski definition) is 5. The van der Waals surface area contributed by atoms with E-state index in [0.717, 1.165) is 19.3 Å². The number of unbranched alkanes of at least 4 members (excludes halogenated alkanes) is 4. The van der Waals surface area contributed by atoms with Crippen molar-refractivity contribution in [3.63, 3.8) is 0 Å². The van der Waals surface area contributed by atoms with Gasteiger partial charge in [-0.3, -0.25) is 24.5 Å². The molecule has 0 aromatic heterocycles. The summed E-state index contributed by atoms with van der Waals surface area (Å²) in [6.07, 6.45) is 6.01. The third-order valence-electron chi connectivity index (χ3n) is 6.64. The van der Waals surface area contributed by atoms with E-state index in [1.165, 1.54) is 31.0 Å². The molecule has 3 amide bonds. The van der Waals surface area contributed by atoms with E-state index in [4.69, 9.17) is 0 Å². The summed E-state index contributed by atoms with van der Waals surface area (Å²) in [5.74, 6) is -0.765. The first kappa shape index (κ1) is 28.3. The second-order valence-corrected chi connectivity index (χ2v) is 9.84. The lowest BCUT2D eigenvalue weighted by atomic mass is 10.0. The number of amides is 3. The smallest absolute Gasteiger partial charge is 0.273 e. The van der Waals surface area contributed by atoms with Crippen molar-refractivity contribution in [1.29, 1.82) is 0 Å². The number of hydrogen-bond donors (Lipinski definition) is 1. The predicted molar refractivity (Wildman–Crippen MR) is 135 cm³/mol. The van der Waals surface area contributed by atoms with Crippen molar-refractivity contribution in [2.45, 2.75) is 85.2 Å². The van der Waals surface area contributed by atoms with Crippen LogP contribution in [0.3, 0.4) is 0 Å². The fourth-order valence-corrected chi connectivity index (χ4v) is 4.43. The Kier molecular flexibility index (Phi) is 10.7. The first-order chi connectivity index (χ1) is 16.6. The molecule has 1 aromatic carbocycles. The lowest BCUT2D eigenvalue weighted by Crippen LogP contribution is -2.59. The number of carbonyl (C=O) groups is 3. The predicted octanol–water partition coefficient (Wildman–Crippen LogP) is 4.08. The number of rotatable bonds is 11. The summed E-state index contributed by atoms with van der Waals surface area (Å²) in [5, 5.41) is 14.0. The molecule has 1 heterocycles. The molecule has 0 spiro atoms. The van der Waals surface area contributed by atoms with Crippen molar-refractivity contribution in [3.05, 3.63) is 39.4 Å². The molecule has 0 radical (unpaired) electrons. The minimum Gasteiger partial charge on any atom is -0.340 e. The number of nitro benzene ring substituents is 1. The zero-order valence-corrected chi connectivity index (χ0v) is 21.7. The monoisotopic (exact) mass is 488 g/mol. The van der Waals surface area contributed by atoms with Crippen LogP contribution in [0.2, 0.25) is 0 Å². The Labute approximate surface area is 208 Å². The van der Waals surface area contributed by atoms with E-state index in [0.29, 0.717) is 31.6 Å². The van der Waals surface area contributed by atoms with Crippen LogP contribution in [-0.2, 0) is 9.59 Å². The molecule has 0 saturated carbocycles. The van der Waals surface area contributed by atoms with Gasteiger partial charge in [-0.2, -0.15) is 0 Å². The maximum absolute atomic E-state index is 13.3. The maximum atomic E-state index is 13.3. The van der Waals surface area contributed by atoms with Crippen molar-refractivity contribution < 1.29 is 19.3 Å². The number of piperazine rings is 1. The fraction of sp³-hybridized carbons (Fsp3) is 0.654. The molecule has 1 aromatic rings. The van der Waals surface area contributed by atoms with E-state index < -0.39 is 16.9 Å². The quantitative estimate of drug-likeness (QED) is 0.286. The maximum Gasteiger partial charge on any atom is 0.273 e. The molecule has 1 N–H and O–H groups in total. The zero-order valence-electron chi connectivity index (χ0n) is 21.7. The second-order valence-electron chi connectivity index (χ2n) is 9.84. The van der Waals surface area contributed by atoms with Crippen molar-refractivity contribution in [1.82, 2.24) is 15.1 Å². The summed E-state index contributed by atoms with van der Waals surface area (Å²) in [4.78, 5) is 53.1. The molecular weight excluding hydrogens is 448 g/mol. The Bertz CT molecular complexity index is 917. The lowest BCUT2D eigenvalue weighted by molar-refractivity contribution is -0.385. The number of nitrogens with zero attached hydrogens (tertiary/aromatic N) is 3. The first-order valence-electron chi connectivity index (χ1n) is 12.7. The van der Waals surface area contributed by atoms with Crippen LogP contribution in [-0.4, -0.2) is 64.2 Å². The highest BCUT2D eigenvalue weighted by molar-refractivity contribution is 5.98. The second kappa shape index (κ2) is 13.2. The van der Waals surface area contributed by atoms with E-state index in [2.05, 4.69) is 12.2 Å². The summed E-state index contributed by atoms with van der Waals surface area (Å²) >= 11 is 0. The largest absolute Gasteiger partial charge is 0.340 e. The van der Waals surface area contributed by atoms with Crippen LogP contribution < -0.4 is 5.32 Å². The highest BCUT2D eigenvalue weighted by Gasteiger charge is 2.34. The molecule has 1 fully saturated rings. The average molecular weight is 489 g/mol. The summed E-state index contributed by atoms with van der Waals surface area (Å²) in [6.45, 7) is 10.7. The summed E-state index contributed by atoms with van der Waals surface area (Å²) in [6, 6.07) is 3.42. The Morgan fingerprint density at radius 2 is 1.83 bits per heavy atom. The Morgan fingerprint density at radius 3 is 2.43 bits per heavy atom. The fourth-order valence-electron chi connectivity index (χ4n) is 4.43. The van der Waals surface area contributed by atoms with Gasteiger partial charge in [-0.25, -0.2) is 0 Å². The summed E-state index contributed by atoms with van der Waals surface area (Å²) < 4.78 is 0. The van der Waals surface area contributed by atoms with Crippen LogP contribution in [0.15, 0.2) is 18.2 Å². The van der Waals surface area contributed by atoms with Gasteiger partial charge in [-0.15, -0.1) is 0 Å². The minimum atomic E-state index is -0.768. The summed E-state index contributed by atoms with van der Waals surface area (Å²) in [7, 11) is 0. The van der Waals surface area contributed by atoms with Gasteiger partial charge in [0.15, 0.2) is 0 Å².